The van der Waals surface area contributed by atoms with Crippen LogP contribution in [0.5, 0.6) is 0 Å². The fourth-order valence-electron chi connectivity index (χ4n) is 1.03. The minimum atomic E-state index is -3.49. The van der Waals surface area contributed by atoms with Gasteiger partial charge in [-0.15, -0.1) is 0 Å². The molecule has 0 radical (unpaired) electrons. The first kappa shape index (κ1) is 16.6. The van der Waals surface area contributed by atoms with Crippen molar-refractivity contribution in [1.82, 2.24) is 0 Å². The molecule has 0 fully saturated rings. The molecule has 0 atom stereocenters. The van der Waals surface area contributed by atoms with Gasteiger partial charge in [-0.25, -0.2) is 0 Å². The van der Waals surface area contributed by atoms with Gasteiger partial charge < -0.3 is 0 Å². The van der Waals surface area contributed by atoms with Gasteiger partial charge in [-0.1, -0.05) is 13.0 Å². The van der Waals surface area contributed by atoms with E-state index in [9.17, 15) is 16.8 Å². The van der Waals surface area contributed by atoms with Crippen LogP contribution in [0.25, 0.3) is 0 Å². The Morgan fingerprint density at radius 2 is 1.59 bits per heavy atom. The summed E-state index contributed by atoms with van der Waals surface area (Å²) in [6, 6.07) is 0. The van der Waals surface area contributed by atoms with Crippen molar-refractivity contribution in [3.8, 4) is 0 Å². The van der Waals surface area contributed by atoms with Crippen molar-refractivity contribution in [1.29, 1.82) is 0 Å². The molecule has 102 valence electrons. The monoisotopic (exact) mass is 286 g/mol. The molecule has 0 saturated carbocycles. The van der Waals surface area contributed by atoms with Crippen molar-refractivity contribution in [3.63, 3.8) is 0 Å². The van der Waals surface area contributed by atoms with Gasteiger partial charge in [0, 0.05) is 0 Å². The maximum Gasteiger partial charge on any atom is 0.264 e. The molecule has 0 aliphatic carbocycles. The highest BCUT2D eigenvalue weighted by molar-refractivity contribution is 7.86. The van der Waals surface area contributed by atoms with E-state index in [1.54, 1.807) is 6.08 Å². The molecule has 0 N–H and O–H groups in total. The molecular formula is C9H18O6S2. The van der Waals surface area contributed by atoms with E-state index in [2.05, 4.69) is 8.37 Å². The standard InChI is InChI=1S/C9H18O6S2/c1-4-5-9(8-15-17(3,12)13)6-7-14-16(2,10)11/h5H,4,6-8H2,1-3H3/b9-5+. The summed E-state index contributed by atoms with van der Waals surface area (Å²) in [5.74, 6) is 0. The number of hydrogen-bond acceptors (Lipinski definition) is 6. The summed E-state index contributed by atoms with van der Waals surface area (Å²) in [6.45, 7) is 1.80. The maximum absolute atomic E-state index is 10.8. The zero-order chi connectivity index (χ0) is 13.5. The van der Waals surface area contributed by atoms with Gasteiger partial charge in [0.25, 0.3) is 20.2 Å². The predicted molar refractivity (Wildman–Crippen MR) is 64.6 cm³/mol. The molecule has 0 bridgehead atoms. The lowest BCUT2D eigenvalue weighted by molar-refractivity contribution is 0.307. The number of allylic oxidation sites excluding steroid dienone is 1. The van der Waals surface area contributed by atoms with Crippen LogP contribution in [0, 0.1) is 0 Å². The lowest BCUT2D eigenvalue weighted by Gasteiger charge is -2.07. The highest BCUT2D eigenvalue weighted by Crippen LogP contribution is 2.07. The third-order valence-corrected chi connectivity index (χ3v) is 2.81. The molecule has 0 aromatic heterocycles. The Bertz CT molecular complexity index is 446. The largest absolute Gasteiger partial charge is 0.270 e. The van der Waals surface area contributed by atoms with Crippen LogP contribution < -0.4 is 0 Å². The average Bonchev–Trinajstić information content (AvgIpc) is 2.11. The SMILES string of the molecule is CC/C=C(\CCOS(C)(=O)=O)COS(C)(=O)=O. The van der Waals surface area contributed by atoms with Crippen LogP contribution in [-0.4, -0.2) is 42.6 Å². The van der Waals surface area contributed by atoms with Crippen molar-refractivity contribution < 1.29 is 25.2 Å². The first-order valence-electron chi connectivity index (χ1n) is 5.00. The van der Waals surface area contributed by atoms with E-state index in [-0.39, 0.29) is 13.2 Å². The van der Waals surface area contributed by atoms with E-state index in [0.717, 1.165) is 12.5 Å². The Labute approximate surface area is 103 Å². The normalized spacial score (nSPS) is 13.9. The van der Waals surface area contributed by atoms with Crippen LogP contribution in [0.1, 0.15) is 19.8 Å². The van der Waals surface area contributed by atoms with Crippen molar-refractivity contribution in [2.24, 2.45) is 0 Å². The van der Waals surface area contributed by atoms with Crippen LogP contribution in [0.2, 0.25) is 0 Å². The molecule has 0 rings (SSSR count). The summed E-state index contributed by atoms with van der Waals surface area (Å²) >= 11 is 0. The second-order valence-electron chi connectivity index (χ2n) is 3.51. The average molecular weight is 286 g/mol. The molecule has 17 heavy (non-hydrogen) atoms. The summed E-state index contributed by atoms with van der Waals surface area (Å²) in [4.78, 5) is 0. The Hall–Kier alpha value is -0.440. The van der Waals surface area contributed by atoms with E-state index in [1.165, 1.54) is 0 Å². The minimum Gasteiger partial charge on any atom is -0.270 e. The van der Waals surface area contributed by atoms with E-state index in [1.807, 2.05) is 6.92 Å². The van der Waals surface area contributed by atoms with E-state index in [4.69, 9.17) is 0 Å². The third kappa shape index (κ3) is 11.8. The van der Waals surface area contributed by atoms with Gasteiger partial charge in [-0.05, 0) is 18.4 Å². The minimum absolute atomic E-state index is 0.0161. The van der Waals surface area contributed by atoms with E-state index >= 15 is 0 Å². The molecular weight excluding hydrogens is 268 g/mol. The molecule has 0 aliphatic rings. The van der Waals surface area contributed by atoms with Gasteiger partial charge >= 0.3 is 0 Å². The molecule has 0 amide bonds. The molecule has 8 heteroatoms. The molecule has 0 unspecified atom stereocenters. The van der Waals surface area contributed by atoms with Crippen LogP contribution in [-0.2, 0) is 28.6 Å². The second kappa shape index (κ2) is 7.10. The smallest absolute Gasteiger partial charge is 0.264 e. The fraction of sp³-hybridized carbons (Fsp3) is 0.778. The quantitative estimate of drug-likeness (QED) is 0.481. The van der Waals surface area contributed by atoms with Gasteiger partial charge in [-0.3, -0.25) is 8.37 Å². The summed E-state index contributed by atoms with van der Waals surface area (Å²) in [5.41, 5.74) is 0.696. The zero-order valence-corrected chi connectivity index (χ0v) is 11.8. The van der Waals surface area contributed by atoms with Crippen molar-refractivity contribution >= 4 is 20.2 Å². The Morgan fingerprint density at radius 3 is 2.00 bits per heavy atom. The topological polar surface area (TPSA) is 86.7 Å². The molecule has 6 nitrogen and oxygen atoms in total. The van der Waals surface area contributed by atoms with Crippen molar-refractivity contribution in [2.75, 3.05) is 25.7 Å². The first-order valence-corrected chi connectivity index (χ1v) is 8.64. The molecule has 0 aromatic carbocycles. The van der Waals surface area contributed by atoms with E-state index < -0.39 is 20.2 Å². The summed E-state index contributed by atoms with van der Waals surface area (Å²) < 4.78 is 52.2. The summed E-state index contributed by atoms with van der Waals surface area (Å²) in [6.07, 6.45) is 4.74. The van der Waals surface area contributed by atoms with Crippen LogP contribution in [0.15, 0.2) is 11.6 Å². The van der Waals surface area contributed by atoms with Crippen LogP contribution in [0.4, 0.5) is 0 Å². The van der Waals surface area contributed by atoms with Gasteiger partial charge in [0.15, 0.2) is 0 Å². The molecule has 0 heterocycles. The van der Waals surface area contributed by atoms with Gasteiger partial charge in [0.05, 0.1) is 25.7 Å². The van der Waals surface area contributed by atoms with Crippen molar-refractivity contribution in [2.45, 2.75) is 19.8 Å². The number of rotatable bonds is 8. The third-order valence-electron chi connectivity index (χ3n) is 1.67. The van der Waals surface area contributed by atoms with Crippen molar-refractivity contribution in [3.05, 3.63) is 11.6 Å². The highest BCUT2D eigenvalue weighted by Gasteiger charge is 2.07. The molecule has 0 spiro atoms. The summed E-state index contributed by atoms with van der Waals surface area (Å²) in [5, 5.41) is 0. The Kier molecular flexibility index (Phi) is 6.91. The lowest BCUT2D eigenvalue weighted by atomic mass is 10.2. The Balaban J connectivity index is 4.23. The predicted octanol–water partition coefficient (Wildman–Crippen LogP) is 0.665. The van der Waals surface area contributed by atoms with Gasteiger partial charge in [0.1, 0.15) is 0 Å². The van der Waals surface area contributed by atoms with Crippen LogP contribution in [0.3, 0.4) is 0 Å². The maximum atomic E-state index is 10.8. The summed E-state index contributed by atoms with van der Waals surface area (Å²) in [7, 11) is -6.96. The van der Waals surface area contributed by atoms with E-state index in [0.29, 0.717) is 18.4 Å². The molecule has 0 aromatic rings. The first-order chi connectivity index (χ1) is 7.64. The second-order valence-corrected chi connectivity index (χ2v) is 6.80. The molecule has 0 aliphatic heterocycles. The molecule has 0 saturated heterocycles. The highest BCUT2D eigenvalue weighted by atomic mass is 32.2. The number of hydrogen-bond donors (Lipinski definition) is 0. The van der Waals surface area contributed by atoms with Gasteiger partial charge in [0.2, 0.25) is 0 Å². The fourth-order valence-corrected chi connectivity index (χ4v) is 1.78. The Morgan fingerprint density at radius 1 is 1.06 bits per heavy atom. The zero-order valence-electron chi connectivity index (χ0n) is 10.2. The van der Waals surface area contributed by atoms with Gasteiger partial charge in [-0.2, -0.15) is 16.8 Å². The van der Waals surface area contributed by atoms with Crippen LogP contribution >= 0.6 is 0 Å². The lowest BCUT2D eigenvalue weighted by Crippen LogP contribution is -2.10.